The van der Waals surface area contributed by atoms with Gasteiger partial charge in [-0.25, -0.2) is 0 Å². The van der Waals surface area contributed by atoms with E-state index >= 15 is 0 Å². The normalized spacial score (nSPS) is 14.5. The molecule has 2 aliphatic carbocycles. The van der Waals surface area contributed by atoms with Crippen LogP contribution in [0.5, 0.6) is 0 Å². The second-order valence-corrected chi connectivity index (χ2v) is 14.9. The molecule has 0 amide bonds. The van der Waals surface area contributed by atoms with Gasteiger partial charge < -0.3 is 9.80 Å². The van der Waals surface area contributed by atoms with Gasteiger partial charge in [0.25, 0.3) is 0 Å². The van der Waals surface area contributed by atoms with E-state index in [0.717, 1.165) is 41.9 Å². The molecule has 0 saturated heterocycles. The minimum atomic E-state index is 0.221. The van der Waals surface area contributed by atoms with Crippen molar-refractivity contribution in [1.82, 2.24) is 0 Å². The number of hydrogen-bond acceptors (Lipinski definition) is 2. The van der Waals surface area contributed by atoms with E-state index in [1.54, 1.807) is 0 Å². The van der Waals surface area contributed by atoms with E-state index in [4.69, 9.17) is 0 Å². The molecule has 0 aromatic heterocycles. The molecule has 0 saturated carbocycles. The van der Waals surface area contributed by atoms with Crippen LogP contribution in [-0.4, -0.2) is 6.04 Å². The van der Waals surface area contributed by atoms with Gasteiger partial charge in [-0.2, -0.15) is 0 Å². The zero-order valence-electron chi connectivity index (χ0n) is 31.3. The van der Waals surface area contributed by atoms with Gasteiger partial charge in [-0.3, -0.25) is 0 Å². The van der Waals surface area contributed by atoms with Gasteiger partial charge in [0.15, 0.2) is 0 Å². The molecule has 1 atom stereocenters. The first kappa shape index (κ1) is 33.7. The van der Waals surface area contributed by atoms with E-state index in [2.05, 4.69) is 222 Å². The molecule has 0 heterocycles. The van der Waals surface area contributed by atoms with Gasteiger partial charge >= 0.3 is 0 Å². The summed E-state index contributed by atoms with van der Waals surface area (Å²) in [7, 11) is 0. The van der Waals surface area contributed by atoms with Crippen LogP contribution in [-0.2, 0) is 0 Å². The first-order valence-electron chi connectivity index (χ1n) is 19.7. The van der Waals surface area contributed by atoms with Crippen LogP contribution in [0, 0.1) is 0 Å². The second kappa shape index (κ2) is 14.7. The molecule has 2 heteroatoms. The van der Waals surface area contributed by atoms with Crippen LogP contribution in [0.1, 0.15) is 30.4 Å². The number of benzene rings is 8. The third kappa shape index (κ3) is 6.71. The molecule has 0 fully saturated rings. The van der Waals surface area contributed by atoms with Gasteiger partial charge in [0.1, 0.15) is 0 Å². The molecule has 0 bridgehead atoms. The smallest absolute Gasteiger partial charge is 0.0566 e. The first-order valence-corrected chi connectivity index (χ1v) is 19.7. The van der Waals surface area contributed by atoms with Crippen molar-refractivity contribution in [1.29, 1.82) is 0 Å². The van der Waals surface area contributed by atoms with Crippen LogP contribution < -0.4 is 30.7 Å². The molecule has 0 radical (unpaired) electrons. The van der Waals surface area contributed by atoms with E-state index in [9.17, 15) is 0 Å². The van der Waals surface area contributed by atoms with Crippen molar-refractivity contribution in [3.05, 3.63) is 208 Å². The predicted octanol–water partition coefficient (Wildman–Crippen LogP) is 11.2. The highest BCUT2D eigenvalue weighted by molar-refractivity contribution is 5.92. The van der Waals surface area contributed by atoms with Crippen molar-refractivity contribution in [3.63, 3.8) is 0 Å². The van der Waals surface area contributed by atoms with Gasteiger partial charge in [0.2, 0.25) is 0 Å². The topological polar surface area (TPSA) is 6.48 Å². The average molecular weight is 719 g/mol. The maximum absolute atomic E-state index is 2.51. The summed E-state index contributed by atoms with van der Waals surface area (Å²) in [5.41, 5.74) is 8.15. The predicted molar refractivity (Wildman–Crippen MR) is 241 cm³/mol. The summed E-state index contributed by atoms with van der Waals surface area (Å²) in [5.74, 6) is 0. The first-order chi connectivity index (χ1) is 27.7. The van der Waals surface area contributed by atoms with Crippen molar-refractivity contribution < 1.29 is 0 Å². The molecule has 268 valence electrons. The number of rotatable bonds is 8. The molecule has 0 aliphatic heterocycles. The van der Waals surface area contributed by atoms with Crippen molar-refractivity contribution in [2.24, 2.45) is 0 Å². The standard InChI is InChI=1S/C54H42N2/c1-5-13-45-35-51(31-23-41(45)9-1)55(52-32-24-42-10-2-6-14-46(42)36-52)49-27-19-39(20-28-49)17-18-40-21-29-50(30-22-40)56(53-33-25-43-11-3-7-15-47(43)37-53)54-34-26-44-12-4-8-16-48(44)38-54/h1-3,5-7,9-32,34-38,53H,4,8,33H2/b18-17+. The minimum Gasteiger partial charge on any atom is -0.334 e. The molecule has 2 nitrogen and oxygen atoms in total. The van der Waals surface area contributed by atoms with Gasteiger partial charge in [-0.15, -0.1) is 0 Å². The molecule has 1 unspecified atom stereocenters. The molecule has 8 aromatic rings. The van der Waals surface area contributed by atoms with Gasteiger partial charge in [0.05, 0.1) is 6.04 Å². The fourth-order valence-electron chi connectivity index (χ4n) is 8.39. The fraction of sp³-hybridized carbons (Fsp3) is 0.0741. The lowest BCUT2D eigenvalue weighted by molar-refractivity contribution is 0.836. The summed E-state index contributed by atoms with van der Waals surface area (Å²) in [5, 5.41) is 10.2. The van der Waals surface area contributed by atoms with Crippen LogP contribution in [0.4, 0.5) is 28.4 Å². The largest absolute Gasteiger partial charge is 0.334 e. The Morgan fingerprint density at radius 2 is 0.875 bits per heavy atom. The monoisotopic (exact) mass is 718 g/mol. The van der Waals surface area contributed by atoms with E-state index in [0.29, 0.717) is 0 Å². The Bertz CT molecular complexity index is 2930. The van der Waals surface area contributed by atoms with Crippen molar-refractivity contribution in [2.45, 2.75) is 25.3 Å². The SMILES string of the molecule is C1=c2ccccc2=CC(N(c2ccc(/C=C/c3ccc(N(c4ccc5ccccc5c4)c4ccc5ccccc5c4)cc3)cc2)c2ccc3c(c2)=CCCC=3)C1. The Kier molecular flexibility index (Phi) is 8.85. The maximum atomic E-state index is 2.51. The molecule has 0 spiro atoms. The van der Waals surface area contributed by atoms with Gasteiger partial charge in [0, 0.05) is 28.4 Å². The lowest BCUT2D eigenvalue weighted by Crippen LogP contribution is -2.38. The third-order valence-electron chi connectivity index (χ3n) is 11.3. The lowest BCUT2D eigenvalue weighted by Gasteiger charge is -2.33. The third-order valence-corrected chi connectivity index (χ3v) is 11.3. The zero-order chi connectivity index (χ0) is 37.3. The zero-order valence-corrected chi connectivity index (χ0v) is 31.3. The Morgan fingerprint density at radius 3 is 1.52 bits per heavy atom. The molecular formula is C54H42N2. The van der Waals surface area contributed by atoms with Crippen LogP contribution in [0.25, 0.3) is 58.0 Å². The van der Waals surface area contributed by atoms with Crippen LogP contribution in [0.3, 0.4) is 0 Å². The number of nitrogens with zero attached hydrogens (tertiary/aromatic N) is 2. The Hall–Kier alpha value is -6.90. The Morgan fingerprint density at radius 1 is 0.375 bits per heavy atom. The summed E-state index contributed by atoms with van der Waals surface area (Å²) in [4.78, 5) is 4.87. The average Bonchev–Trinajstić information content (AvgIpc) is 3.26. The van der Waals surface area contributed by atoms with Gasteiger partial charge in [-0.05, 0) is 133 Å². The highest BCUT2D eigenvalue weighted by Crippen LogP contribution is 2.38. The molecular weight excluding hydrogens is 677 g/mol. The number of fused-ring (bicyclic) bond motifs is 4. The van der Waals surface area contributed by atoms with Gasteiger partial charge in [-0.1, -0.05) is 152 Å². The summed E-state index contributed by atoms with van der Waals surface area (Å²) < 4.78 is 0. The van der Waals surface area contributed by atoms with Crippen LogP contribution in [0.15, 0.2) is 176 Å². The van der Waals surface area contributed by atoms with Crippen molar-refractivity contribution in [3.8, 4) is 0 Å². The van der Waals surface area contributed by atoms with E-state index in [1.807, 2.05) is 0 Å². The van der Waals surface area contributed by atoms with Crippen LogP contribution >= 0.6 is 0 Å². The highest BCUT2D eigenvalue weighted by atomic mass is 15.2. The molecule has 2 aliphatic rings. The van der Waals surface area contributed by atoms with E-state index in [1.165, 1.54) is 59.4 Å². The number of hydrogen-bond donors (Lipinski definition) is 0. The summed E-state index contributed by atoms with van der Waals surface area (Å²) in [6.45, 7) is 0. The maximum Gasteiger partial charge on any atom is 0.0566 e. The summed E-state index contributed by atoms with van der Waals surface area (Å²) >= 11 is 0. The molecule has 56 heavy (non-hydrogen) atoms. The fourth-order valence-corrected chi connectivity index (χ4v) is 8.39. The quantitative estimate of drug-likeness (QED) is 0.144. The lowest BCUT2D eigenvalue weighted by atomic mass is 9.99. The van der Waals surface area contributed by atoms with Crippen LogP contribution in [0.2, 0.25) is 0 Å². The van der Waals surface area contributed by atoms with E-state index in [-0.39, 0.29) is 6.04 Å². The molecule has 8 aromatic carbocycles. The Labute approximate surface area is 328 Å². The van der Waals surface area contributed by atoms with Crippen molar-refractivity contribution >= 4 is 86.4 Å². The van der Waals surface area contributed by atoms with Crippen molar-refractivity contribution in [2.75, 3.05) is 9.80 Å². The second-order valence-electron chi connectivity index (χ2n) is 14.9. The highest BCUT2D eigenvalue weighted by Gasteiger charge is 2.20. The molecule has 0 N–H and O–H groups in total. The molecule has 10 rings (SSSR count). The summed E-state index contributed by atoms with van der Waals surface area (Å²) in [6, 6.07) is 64.4. The van der Waals surface area contributed by atoms with E-state index < -0.39 is 0 Å². The minimum absolute atomic E-state index is 0.221. The number of anilines is 5. The summed E-state index contributed by atoms with van der Waals surface area (Å²) in [6.07, 6.45) is 17.2. The Balaban J connectivity index is 0.945.